The van der Waals surface area contributed by atoms with Crippen molar-refractivity contribution in [3.05, 3.63) is 36.0 Å². The largest absolute Gasteiger partial charge is 0.361 e. The van der Waals surface area contributed by atoms with E-state index in [1.165, 1.54) is 10.9 Å². The van der Waals surface area contributed by atoms with Gasteiger partial charge in [-0.2, -0.15) is 0 Å². The summed E-state index contributed by atoms with van der Waals surface area (Å²) in [6.07, 6.45) is 2.91. The zero-order valence-electron chi connectivity index (χ0n) is 11.6. The highest BCUT2D eigenvalue weighted by Gasteiger charge is 2.09. The fourth-order valence-corrected chi connectivity index (χ4v) is 2.12. The van der Waals surface area contributed by atoms with Crippen molar-refractivity contribution in [1.29, 1.82) is 0 Å². The highest BCUT2D eigenvalue weighted by atomic mass is 16.2. The Labute approximate surface area is 113 Å². The molecule has 0 spiro atoms. The van der Waals surface area contributed by atoms with Crippen molar-refractivity contribution < 1.29 is 4.79 Å². The molecule has 0 bridgehead atoms. The minimum Gasteiger partial charge on any atom is -0.361 e. The summed E-state index contributed by atoms with van der Waals surface area (Å²) in [6.45, 7) is 3.98. The lowest BCUT2D eigenvalue weighted by atomic mass is 10.1. The smallest absolute Gasteiger partial charge is 0.236 e. The number of aromatic nitrogens is 1. The van der Waals surface area contributed by atoms with E-state index >= 15 is 0 Å². The molecule has 1 heterocycles. The topological polar surface area (TPSA) is 48.1 Å². The molecule has 4 heteroatoms. The summed E-state index contributed by atoms with van der Waals surface area (Å²) in [5.41, 5.74) is 2.41. The first-order valence-electron chi connectivity index (χ1n) is 6.72. The van der Waals surface area contributed by atoms with Crippen molar-refractivity contribution in [1.82, 2.24) is 15.2 Å². The quantitative estimate of drug-likeness (QED) is 0.830. The molecule has 0 saturated heterocycles. The van der Waals surface area contributed by atoms with Crippen LogP contribution < -0.4 is 5.32 Å². The summed E-state index contributed by atoms with van der Waals surface area (Å²) < 4.78 is 0. The molecule has 19 heavy (non-hydrogen) atoms. The second-order valence-electron chi connectivity index (χ2n) is 4.71. The molecule has 102 valence electrons. The number of nitrogens with one attached hydrogen (secondary N) is 2. The lowest BCUT2D eigenvalue weighted by Gasteiger charge is -2.17. The van der Waals surface area contributed by atoms with Gasteiger partial charge in [0.1, 0.15) is 0 Å². The van der Waals surface area contributed by atoms with Gasteiger partial charge in [0.05, 0.1) is 6.54 Å². The predicted molar refractivity (Wildman–Crippen MR) is 78.2 cm³/mol. The number of nitrogens with zero attached hydrogens (tertiary/aromatic N) is 1. The fourth-order valence-electron chi connectivity index (χ4n) is 2.12. The molecular weight excluding hydrogens is 238 g/mol. The number of H-pyrrole nitrogens is 1. The third-order valence-electron chi connectivity index (χ3n) is 3.34. The molecule has 1 aromatic carbocycles. The van der Waals surface area contributed by atoms with E-state index in [9.17, 15) is 4.79 Å². The zero-order chi connectivity index (χ0) is 13.7. The van der Waals surface area contributed by atoms with Gasteiger partial charge >= 0.3 is 0 Å². The number of aromatic amines is 1. The summed E-state index contributed by atoms with van der Waals surface area (Å²) in [4.78, 5) is 16.8. The average molecular weight is 259 g/mol. The molecule has 1 aromatic heterocycles. The SMILES string of the molecule is CCNCC(=O)N(C)CCc1c[nH]c2ccccc12. The summed E-state index contributed by atoms with van der Waals surface area (Å²) >= 11 is 0. The van der Waals surface area contributed by atoms with Crippen molar-refractivity contribution in [2.24, 2.45) is 0 Å². The number of rotatable bonds is 6. The van der Waals surface area contributed by atoms with Gasteiger partial charge in [-0.05, 0) is 24.6 Å². The molecule has 0 atom stereocenters. The van der Waals surface area contributed by atoms with Crippen molar-refractivity contribution in [3.63, 3.8) is 0 Å². The Morgan fingerprint density at radius 2 is 2.16 bits per heavy atom. The Bertz CT molecular complexity index is 547. The van der Waals surface area contributed by atoms with Crippen LogP contribution in [0.25, 0.3) is 10.9 Å². The third kappa shape index (κ3) is 3.35. The maximum atomic E-state index is 11.8. The predicted octanol–water partition coefficient (Wildman–Crippen LogP) is 1.78. The van der Waals surface area contributed by atoms with Crippen molar-refractivity contribution >= 4 is 16.8 Å². The second-order valence-corrected chi connectivity index (χ2v) is 4.71. The van der Waals surface area contributed by atoms with Gasteiger partial charge in [0, 0.05) is 30.7 Å². The van der Waals surface area contributed by atoms with Crippen LogP contribution in [0.5, 0.6) is 0 Å². The Kier molecular flexibility index (Phi) is 4.58. The van der Waals surface area contributed by atoms with Crippen LogP contribution >= 0.6 is 0 Å². The van der Waals surface area contributed by atoms with E-state index in [1.54, 1.807) is 4.90 Å². The summed E-state index contributed by atoms with van der Waals surface area (Å²) in [6, 6.07) is 8.24. The van der Waals surface area contributed by atoms with Gasteiger partial charge in [-0.3, -0.25) is 4.79 Å². The molecule has 2 N–H and O–H groups in total. The highest BCUT2D eigenvalue weighted by Crippen LogP contribution is 2.18. The van der Waals surface area contributed by atoms with Crippen molar-refractivity contribution in [2.45, 2.75) is 13.3 Å². The zero-order valence-corrected chi connectivity index (χ0v) is 11.6. The van der Waals surface area contributed by atoms with Crippen LogP contribution in [0.3, 0.4) is 0 Å². The number of amides is 1. The van der Waals surface area contributed by atoms with Crippen LogP contribution in [0.4, 0.5) is 0 Å². The molecule has 0 aliphatic heterocycles. The molecule has 0 saturated carbocycles. The standard InChI is InChI=1S/C15H21N3O/c1-3-16-11-15(19)18(2)9-8-12-10-17-14-7-5-4-6-13(12)14/h4-7,10,16-17H,3,8-9,11H2,1-2H3. The second kappa shape index (κ2) is 6.38. The minimum absolute atomic E-state index is 0.140. The molecule has 0 radical (unpaired) electrons. The molecule has 2 aromatic rings. The summed E-state index contributed by atoms with van der Waals surface area (Å²) in [5, 5.41) is 4.30. The van der Waals surface area contributed by atoms with Gasteiger partial charge in [0.15, 0.2) is 0 Å². The molecule has 1 amide bonds. The van der Waals surface area contributed by atoms with Gasteiger partial charge in [0.25, 0.3) is 0 Å². The van der Waals surface area contributed by atoms with Crippen LogP contribution in [0.15, 0.2) is 30.5 Å². The molecular formula is C15H21N3O. The van der Waals surface area contributed by atoms with Gasteiger partial charge in [-0.1, -0.05) is 25.1 Å². The van der Waals surface area contributed by atoms with E-state index in [0.29, 0.717) is 6.54 Å². The maximum Gasteiger partial charge on any atom is 0.236 e. The van der Waals surface area contributed by atoms with Crippen LogP contribution in [0, 0.1) is 0 Å². The van der Waals surface area contributed by atoms with E-state index in [2.05, 4.69) is 22.4 Å². The van der Waals surface area contributed by atoms with Gasteiger partial charge in [0.2, 0.25) is 5.91 Å². The van der Waals surface area contributed by atoms with E-state index in [1.807, 2.05) is 32.3 Å². The van der Waals surface area contributed by atoms with Crippen molar-refractivity contribution in [3.8, 4) is 0 Å². The number of benzene rings is 1. The number of carbonyl (C=O) groups is 1. The Morgan fingerprint density at radius 1 is 1.37 bits per heavy atom. The highest BCUT2D eigenvalue weighted by molar-refractivity contribution is 5.83. The summed E-state index contributed by atoms with van der Waals surface area (Å²) in [5.74, 6) is 0.140. The van der Waals surface area contributed by atoms with Crippen LogP contribution in [0.2, 0.25) is 0 Å². The number of hydrogen-bond acceptors (Lipinski definition) is 2. The number of hydrogen-bond donors (Lipinski definition) is 2. The lowest BCUT2D eigenvalue weighted by molar-refractivity contribution is -0.128. The number of fused-ring (bicyclic) bond motifs is 1. The van der Waals surface area contributed by atoms with Crippen LogP contribution in [-0.4, -0.2) is 42.5 Å². The van der Waals surface area contributed by atoms with E-state index in [0.717, 1.165) is 25.0 Å². The van der Waals surface area contributed by atoms with E-state index in [4.69, 9.17) is 0 Å². The first-order valence-corrected chi connectivity index (χ1v) is 6.72. The third-order valence-corrected chi connectivity index (χ3v) is 3.34. The Hall–Kier alpha value is -1.81. The van der Waals surface area contributed by atoms with Crippen LogP contribution in [-0.2, 0) is 11.2 Å². The molecule has 0 aliphatic carbocycles. The van der Waals surface area contributed by atoms with Gasteiger partial charge < -0.3 is 15.2 Å². The first kappa shape index (κ1) is 13.6. The lowest BCUT2D eigenvalue weighted by Crippen LogP contribution is -2.36. The molecule has 0 fully saturated rings. The number of carbonyl (C=O) groups excluding carboxylic acids is 1. The van der Waals surface area contributed by atoms with E-state index < -0.39 is 0 Å². The number of likely N-dealkylation sites (N-methyl/N-ethyl adjacent to an activating group) is 2. The number of para-hydroxylation sites is 1. The van der Waals surface area contributed by atoms with Crippen molar-refractivity contribution in [2.75, 3.05) is 26.7 Å². The summed E-state index contributed by atoms with van der Waals surface area (Å²) in [7, 11) is 1.86. The van der Waals surface area contributed by atoms with E-state index in [-0.39, 0.29) is 5.91 Å². The minimum atomic E-state index is 0.140. The molecule has 0 unspecified atom stereocenters. The normalized spacial score (nSPS) is 10.8. The molecule has 4 nitrogen and oxygen atoms in total. The monoisotopic (exact) mass is 259 g/mol. The average Bonchev–Trinajstić information content (AvgIpc) is 2.85. The first-order chi connectivity index (χ1) is 9.22. The Morgan fingerprint density at radius 3 is 2.95 bits per heavy atom. The Balaban J connectivity index is 1.93. The fraction of sp³-hybridized carbons (Fsp3) is 0.400. The molecule has 0 aliphatic rings. The maximum absolute atomic E-state index is 11.8. The van der Waals surface area contributed by atoms with Gasteiger partial charge in [-0.15, -0.1) is 0 Å². The molecule has 2 rings (SSSR count). The van der Waals surface area contributed by atoms with Gasteiger partial charge in [-0.25, -0.2) is 0 Å². The van der Waals surface area contributed by atoms with Crippen LogP contribution in [0.1, 0.15) is 12.5 Å².